The monoisotopic (exact) mass is 499 g/mol. The number of carbonyl (C=O) groups is 2. The number of ether oxygens (including phenoxy) is 1. The molecule has 7 nitrogen and oxygen atoms in total. The molecule has 0 bridgehead atoms. The highest BCUT2D eigenvalue weighted by Crippen LogP contribution is 2.43. The third kappa shape index (κ3) is 6.18. The van der Waals surface area contributed by atoms with E-state index in [2.05, 4.69) is 4.90 Å². The number of rotatable bonds is 10. The molecule has 2 heterocycles. The summed E-state index contributed by atoms with van der Waals surface area (Å²) in [5.74, 6) is -0.0653. The molecule has 2 fully saturated rings. The van der Waals surface area contributed by atoms with Crippen LogP contribution in [-0.2, 0) is 23.8 Å². The summed E-state index contributed by atoms with van der Waals surface area (Å²) < 4.78 is 35.6. The van der Waals surface area contributed by atoms with Crippen molar-refractivity contribution in [1.82, 2.24) is 4.90 Å². The first-order valence-corrected chi connectivity index (χ1v) is 13.7. The van der Waals surface area contributed by atoms with Crippen molar-refractivity contribution in [3.63, 3.8) is 0 Å². The summed E-state index contributed by atoms with van der Waals surface area (Å²) in [4.78, 5) is 27.3. The lowest BCUT2D eigenvalue weighted by atomic mass is 9.81. The summed E-state index contributed by atoms with van der Waals surface area (Å²) in [7, 11) is -3.77. The van der Waals surface area contributed by atoms with E-state index in [1.165, 1.54) is 0 Å². The third-order valence-electron chi connectivity index (χ3n) is 7.15. The van der Waals surface area contributed by atoms with Gasteiger partial charge in [-0.25, -0.2) is 4.79 Å². The molecule has 0 unspecified atom stereocenters. The van der Waals surface area contributed by atoms with Gasteiger partial charge in [-0.3, -0.25) is 13.9 Å². The molecule has 0 aromatic heterocycles. The summed E-state index contributed by atoms with van der Waals surface area (Å²) in [6, 6.07) is 15.6. The maximum atomic E-state index is 12.4. The Kier molecular flexibility index (Phi) is 8.04. The Bertz CT molecular complexity index is 1130. The second-order valence-electron chi connectivity index (χ2n) is 9.59. The second kappa shape index (κ2) is 11.0. The van der Waals surface area contributed by atoms with Crippen LogP contribution in [0.5, 0.6) is 0 Å². The van der Waals surface area contributed by atoms with Gasteiger partial charge in [0.25, 0.3) is 10.1 Å². The first-order chi connectivity index (χ1) is 16.8. The highest BCUT2D eigenvalue weighted by atomic mass is 32.2. The molecule has 2 aromatic rings. The number of unbranched alkanes of at least 4 members (excludes halogenated alkanes) is 1. The molecule has 4 rings (SSSR count). The number of nitrogens with zero attached hydrogens (tertiary/aromatic N) is 1. The van der Waals surface area contributed by atoms with E-state index < -0.39 is 10.1 Å². The SMILES string of the molecule is Cc1ccc(S(=O)(=O)OCCCC[C@@]23CC[C@@H](COC(=O)c4ccccc4)N2CCC(=O)C3)cc1. The number of piperidine rings is 1. The molecule has 0 amide bonds. The van der Waals surface area contributed by atoms with Crippen molar-refractivity contribution in [3.05, 3.63) is 65.7 Å². The zero-order valence-corrected chi connectivity index (χ0v) is 21.0. The quantitative estimate of drug-likeness (QED) is 0.274. The Balaban J connectivity index is 1.29. The predicted octanol–water partition coefficient (Wildman–Crippen LogP) is 4.29. The van der Waals surface area contributed by atoms with Crippen LogP contribution in [0.1, 0.15) is 60.9 Å². The van der Waals surface area contributed by atoms with Gasteiger partial charge in [-0.2, -0.15) is 8.42 Å². The molecule has 188 valence electrons. The zero-order chi connectivity index (χ0) is 24.9. The number of ketones is 1. The molecular formula is C27H33NO6S. The van der Waals surface area contributed by atoms with Crippen LogP contribution >= 0.6 is 0 Å². The van der Waals surface area contributed by atoms with Gasteiger partial charge in [-0.1, -0.05) is 35.9 Å². The largest absolute Gasteiger partial charge is 0.460 e. The van der Waals surface area contributed by atoms with E-state index in [-0.39, 0.29) is 34.8 Å². The van der Waals surface area contributed by atoms with Gasteiger partial charge < -0.3 is 4.74 Å². The summed E-state index contributed by atoms with van der Waals surface area (Å²) in [5, 5.41) is 0. The highest BCUT2D eigenvalue weighted by Gasteiger charge is 2.49. The summed E-state index contributed by atoms with van der Waals surface area (Å²) in [6.45, 7) is 2.99. The van der Waals surface area contributed by atoms with E-state index in [4.69, 9.17) is 8.92 Å². The molecule has 0 N–H and O–H groups in total. The molecule has 2 aliphatic heterocycles. The first kappa shape index (κ1) is 25.5. The lowest BCUT2D eigenvalue weighted by Gasteiger charge is -2.44. The molecule has 2 aromatic carbocycles. The van der Waals surface area contributed by atoms with Crippen LogP contribution < -0.4 is 0 Å². The van der Waals surface area contributed by atoms with Gasteiger partial charge in [-0.05, 0) is 63.3 Å². The Morgan fingerprint density at radius 1 is 1.09 bits per heavy atom. The molecule has 2 atom stereocenters. The number of hydrogen-bond acceptors (Lipinski definition) is 7. The summed E-state index contributed by atoms with van der Waals surface area (Å²) >= 11 is 0. The van der Waals surface area contributed by atoms with Crippen molar-refractivity contribution in [3.8, 4) is 0 Å². The topological polar surface area (TPSA) is 90.0 Å². The zero-order valence-electron chi connectivity index (χ0n) is 20.1. The Morgan fingerprint density at radius 3 is 2.57 bits per heavy atom. The van der Waals surface area contributed by atoms with Crippen LogP contribution in [0.15, 0.2) is 59.5 Å². The fourth-order valence-electron chi connectivity index (χ4n) is 5.29. The number of Topliss-reactive ketones (excluding diaryl/α,β-unsaturated/α-hetero) is 1. The van der Waals surface area contributed by atoms with Crippen molar-refractivity contribution in [1.29, 1.82) is 0 Å². The van der Waals surface area contributed by atoms with Gasteiger partial charge in [0.2, 0.25) is 0 Å². The average Bonchev–Trinajstić information content (AvgIpc) is 3.20. The van der Waals surface area contributed by atoms with Crippen LogP contribution in [0.25, 0.3) is 0 Å². The first-order valence-electron chi connectivity index (χ1n) is 12.3. The predicted molar refractivity (Wildman–Crippen MR) is 132 cm³/mol. The maximum absolute atomic E-state index is 12.4. The van der Waals surface area contributed by atoms with Gasteiger partial charge in [0.05, 0.1) is 17.1 Å². The Labute approximate surface area is 207 Å². The standard InChI is InChI=1S/C27H33NO6S/c1-21-9-11-25(12-10-21)35(31,32)34-18-6-5-15-27-16-13-23(28(27)17-14-24(29)19-27)20-33-26(30)22-7-3-2-4-8-22/h2-4,7-12,23H,5-6,13-20H2,1H3/t23-,27-/m0/s1. The van der Waals surface area contributed by atoms with Crippen LogP contribution in [0.4, 0.5) is 0 Å². The molecule has 0 spiro atoms. The molecule has 0 saturated carbocycles. The minimum absolute atomic E-state index is 0.0916. The van der Waals surface area contributed by atoms with Gasteiger partial charge in [-0.15, -0.1) is 0 Å². The van der Waals surface area contributed by atoms with Crippen molar-refractivity contribution in [2.75, 3.05) is 19.8 Å². The van der Waals surface area contributed by atoms with Gasteiger partial charge in [0.15, 0.2) is 0 Å². The smallest absolute Gasteiger partial charge is 0.338 e. The second-order valence-corrected chi connectivity index (χ2v) is 11.2. The van der Waals surface area contributed by atoms with Gasteiger partial charge >= 0.3 is 5.97 Å². The van der Waals surface area contributed by atoms with Crippen molar-refractivity contribution in [2.45, 2.75) is 68.3 Å². The molecule has 0 aliphatic carbocycles. The number of hydrogen-bond donors (Lipinski definition) is 0. The van der Waals surface area contributed by atoms with Crippen LogP contribution in [-0.4, -0.2) is 56.4 Å². The van der Waals surface area contributed by atoms with Gasteiger partial charge in [0.1, 0.15) is 12.4 Å². The van der Waals surface area contributed by atoms with E-state index in [0.717, 1.165) is 31.2 Å². The van der Waals surface area contributed by atoms with Crippen molar-refractivity contribution < 1.29 is 26.9 Å². The number of carbonyl (C=O) groups excluding carboxylic acids is 2. The van der Waals surface area contributed by atoms with Gasteiger partial charge in [0, 0.05) is 31.0 Å². The number of fused-ring (bicyclic) bond motifs is 1. The van der Waals surface area contributed by atoms with E-state index in [1.54, 1.807) is 36.4 Å². The third-order valence-corrected chi connectivity index (χ3v) is 8.48. The lowest BCUT2D eigenvalue weighted by molar-refractivity contribution is -0.127. The molecule has 8 heteroatoms. The minimum Gasteiger partial charge on any atom is -0.460 e. The normalized spacial score (nSPS) is 22.7. The number of benzene rings is 2. The fourth-order valence-corrected chi connectivity index (χ4v) is 6.23. The molecule has 35 heavy (non-hydrogen) atoms. The minimum atomic E-state index is -3.77. The molecule has 2 aliphatic rings. The van der Waals surface area contributed by atoms with Crippen LogP contribution in [0.3, 0.4) is 0 Å². The number of aryl methyl sites for hydroxylation is 1. The lowest BCUT2D eigenvalue weighted by Crippen LogP contribution is -2.53. The average molecular weight is 500 g/mol. The molecule has 2 saturated heterocycles. The summed E-state index contributed by atoms with van der Waals surface area (Å²) in [6.07, 6.45) is 4.88. The van der Waals surface area contributed by atoms with Crippen molar-refractivity contribution in [2.24, 2.45) is 0 Å². The van der Waals surface area contributed by atoms with E-state index >= 15 is 0 Å². The number of esters is 1. The Hall–Kier alpha value is -2.55. The molecule has 0 radical (unpaired) electrons. The maximum Gasteiger partial charge on any atom is 0.338 e. The van der Waals surface area contributed by atoms with Crippen molar-refractivity contribution >= 4 is 21.9 Å². The Morgan fingerprint density at radius 2 is 1.83 bits per heavy atom. The van der Waals surface area contributed by atoms with E-state index in [0.29, 0.717) is 38.0 Å². The van der Waals surface area contributed by atoms with Crippen LogP contribution in [0.2, 0.25) is 0 Å². The van der Waals surface area contributed by atoms with E-state index in [9.17, 15) is 18.0 Å². The van der Waals surface area contributed by atoms with Crippen LogP contribution in [0, 0.1) is 6.92 Å². The highest BCUT2D eigenvalue weighted by molar-refractivity contribution is 7.86. The van der Waals surface area contributed by atoms with E-state index in [1.807, 2.05) is 25.1 Å². The molecular weight excluding hydrogens is 466 g/mol. The summed E-state index contributed by atoms with van der Waals surface area (Å²) in [5.41, 5.74) is 1.28. The fraction of sp³-hybridized carbons (Fsp3) is 0.481.